The molecule has 1 rings (SSSR count). The Kier molecular flexibility index (Phi) is 13.5. The summed E-state index contributed by atoms with van der Waals surface area (Å²) in [5.74, 6) is 2.05. The monoisotopic (exact) mass is 480 g/mol. The van der Waals surface area contributed by atoms with Gasteiger partial charge in [0.05, 0.1) is 19.8 Å². The van der Waals surface area contributed by atoms with Crippen LogP contribution in [0.4, 0.5) is 0 Å². The topological polar surface area (TPSA) is 103 Å². The first-order valence-corrected chi connectivity index (χ1v) is 12.6. The Labute approximate surface area is 206 Å². The van der Waals surface area contributed by atoms with Gasteiger partial charge in [-0.15, -0.1) is 0 Å². The third-order valence-electron chi connectivity index (χ3n) is 7.07. The smallest absolute Gasteiger partial charge is 0.226 e. The number of methoxy groups -OCH3 is 2. The van der Waals surface area contributed by atoms with Crippen LogP contribution in [0, 0.1) is 17.3 Å². The highest BCUT2D eigenvalue weighted by Gasteiger charge is 2.30. The Bertz CT molecular complexity index is 721. The van der Waals surface area contributed by atoms with E-state index < -0.39 is 17.6 Å². The summed E-state index contributed by atoms with van der Waals surface area (Å²) in [6.45, 7) is 11.7. The van der Waals surface area contributed by atoms with Gasteiger partial charge in [-0.3, -0.25) is 4.79 Å². The molecule has 0 bridgehead atoms. The lowest BCUT2D eigenvalue weighted by molar-refractivity contribution is -0.131. The highest BCUT2D eigenvalue weighted by atomic mass is 16.5. The van der Waals surface area contributed by atoms with Crippen LogP contribution >= 0.6 is 0 Å². The largest absolute Gasteiger partial charge is 0.493 e. The van der Waals surface area contributed by atoms with Crippen LogP contribution in [0.25, 0.3) is 0 Å². The quantitative estimate of drug-likeness (QED) is 0.292. The summed E-state index contributed by atoms with van der Waals surface area (Å²) in [6, 6.07) is 5.58. The Hall–Kier alpha value is -1.83. The van der Waals surface area contributed by atoms with E-state index in [4.69, 9.17) is 19.9 Å². The number of hydrogen-bond donors (Lipinski definition) is 3. The van der Waals surface area contributed by atoms with Gasteiger partial charge in [-0.25, -0.2) is 0 Å². The molecule has 0 fully saturated rings. The number of hydrogen-bond acceptors (Lipinski definition) is 6. The molecule has 196 valence electrons. The van der Waals surface area contributed by atoms with E-state index in [1.807, 2.05) is 32.9 Å². The van der Waals surface area contributed by atoms with E-state index >= 15 is 0 Å². The van der Waals surface area contributed by atoms with Gasteiger partial charge in [0.1, 0.15) is 0 Å². The van der Waals surface area contributed by atoms with Crippen molar-refractivity contribution >= 4 is 5.91 Å². The summed E-state index contributed by atoms with van der Waals surface area (Å²) < 4.78 is 16.5. The summed E-state index contributed by atoms with van der Waals surface area (Å²) in [5.41, 5.74) is 7.10. The number of rotatable bonds is 17. The van der Waals surface area contributed by atoms with Gasteiger partial charge >= 0.3 is 0 Å². The maximum atomic E-state index is 12.5. The van der Waals surface area contributed by atoms with Crippen molar-refractivity contribution in [2.24, 2.45) is 23.0 Å². The predicted octanol–water partition coefficient (Wildman–Crippen LogP) is 3.95. The number of aliphatic hydroxyl groups is 1. The molecule has 0 saturated heterocycles. The normalized spacial score (nSPS) is 14.5. The first kappa shape index (κ1) is 30.2. The zero-order valence-corrected chi connectivity index (χ0v) is 22.4. The standard InChI is InChI=1S/C27H48N2O5/c1-8-27(5,9-2)26(31)29-18-23(30)22(28)17-21(19(3)4)15-20-11-12-24(33-7)25(16-20)34-14-10-13-32-6/h11-12,16,19,21-23,30H,8-10,13-15,17-18,28H2,1-7H3,(H,29,31). The van der Waals surface area contributed by atoms with E-state index in [1.54, 1.807) is 14.2 Å². The Morgan fingerprint density at radius 3 is 2.38 bits per heavy atom. The van der Waals surface area contributed by atoms with Crippen LogP contribution < -0.4 is 20.5 Å². The molecule has 4 N–H and O–H groups in total. The van der Waals surface area contributed by atoms with E-state index in [9.17, 15) is 9.90 Å². The van der Waals surface area contributed by atoms with Crippen molar-refractivity contribution in [3.05, 3.63) is 23.8 Å². The Morgan fingerprint density at radius 2 is 1.82 bits per heavy atom. The summed E-state index contributed by atoms with van der Waals surface area (Å²) in [5, 5.41) is 13.5. The third-order valence-corrected chi connectivity index (χ3v) is 7.07. The van der Waals surface area contributed by atoms with Crippen LogP contribution in [-0.4, -0.2) is 57.1 Å². The highest BCUT2D eigenvalue weighted by Crippen LogP contribution is 2.31. The fourth-order valence-corrected chi connectivity index (χ4v) is 3.88. The lowest BCUT2D eigenvalue weighted by Crippen LogP contribution is -2.47. The van der Waals surface area contributed by atoms with E-state index in [-0.39, 0.29) is 18.4 Å². The molecule has 0 aromatic heterocycles. The first-order valence-electron chi connectivity index (χ1n) is 12.6. The lowest BCUT2D eigenvalue weighted by Gasteiger charge is -2.29. The van der Waals surface area contributed by atoms with Crippen LogP contribution in [0.3, 0.4) is 0 Å². The minimum absolute atomic E-state index is 0.0274. The van der Waals surface area contributed by atoms with Crippen molar-refractivity contribution in [2.45, 2.75) is 78.9 Å². The summed E-state index contributed by atoms with van der Waals surface area (Å²) in [6.07, 6.45) is 2.99. The average Bonchev–Trinajstić information content (AvgIpc) is 2.83. The number of nitrogens with two attached hydrogens (primary N) is 1. The molecule has 0 spiro atoms. The zero-order chi connectivity index (χ0) is 25.7. The summed E-state index contributed by atoms with van der Waals surface area (Å²) in [7, 11) is 3.31. The molecule has 1 aromatic rings. The maximum absolute atomic E-state index is 12.5. The molecule has 3 atom stereocenters. The second-order valence-electron chi connectivity index (χ2n) is 9.83. The van der Waals surface area contributed by atoms with Gasteiger partial charge in [0.25, 0.3) is 0 Å². The number of amides is 1. The molecule has 3 unspecified atom stereocenters. The highest BCUT2D eigenvalue weighted by molar-refractivity contribution is 5.82. The molecule has 0 radical (unpaired) electrons. The number of carbonyl (C=O) groups is 1. The second kappa shape index (κ2) is 15.2. The van der Waals surface area contributed by atoms with Crippen LogP contribution in [0.2, 0.25) is 0 Å². The van der Waals surface area contributed by atoms with Crippen molar-refractivity contribution in [3.63, 3.8) is 0 Å². The molecule has 0 saturated carbocycles. The van der Waals surface area contributed by atoms with Crippen LogP contribution in [0.1, 0.15) is 65.9 Å². The van der Waals surface area contributed by atoms with Gasteiger partial charge in [-0.1, -0.05) is 40.7 Å². The predicted molar refractivity (Wildman–Crippen MR) is 137 cm³/mol. The van der Waals surface area contributed by atoms with Gasteiger partial charge in [0.2, 0.25) is 5.91 Å². The molecule has 0 aliphatic rings. The van der Waals surface area contributed by atoms with Crippen molar-refractivity contribution in [3.8, 4) is 11.5 Å². The van der Waals surface area contributed by atoms with E-state index in [0.29, 0.717) is 31.3 Å². The molecule has 0 heterocycles. The molecule has 0 aliphatic heterocycles. The molecule has 1 amide bonds. The van der Waals surface area contributed by atoms with Gasteiger partial charge < -0.3 is 30.4 Å². The van der Waals surface area contributed by atoms with Gasteiger partial charge in [-0.2, -0.15) is 0 Å². The fourth-order valence-electron chi connectivity index (χ4n) is 3.88. The SMILES string of the molecule is CCC(C)(CC)C(=O)NCC(O)C(N)CC(Cc1ccc(OC)c(OCCCOC)c1)C(C)C. The summed E-state index contributed by atoms with van der Waals surface area (Å²) >= 11 is 0. The number of ether oxygens (including phenoxy) is 3. The molecular formula is C27H48N2O5. The van der Waals surface area contributed by atoms with Gasteiger partial charge in [0, 0.05) is 38.1 Å². The number of carbonyl (C=O) groups excluding carboxylic acids is 1. The molecule has 34 heavy (non-hydrogen) atoms. The number of aliphatic hydroxyl groups excluding tert-OH is 1. The zero-order valence-electron chi connectivity index (χ0n) is 22.4. The minimum Gasteiger partial charge on any atom is -0.493 e. The van der Waals surface area contributed by atoms with E-state index in [2.05, 4.69) is 25.2 Å². The first-order chi connectivity index (χ1) is 16.1. The van der Waals surface area contributed by atoms with Crippen LogP contribution in [0.5, 0.6) is 11.5 Å². The van der Waals surface area contributed by atoms with Crippen molar-refractivity contribution < 1.29 is 24.1 Å². The Morgan fingerprint density at radius 1 is 1.15 bits per heavy atom. The van der Waals surface area contributed by atoms with E-state index in [0.717, 1.165) is 37.0 Å². The maximum Gasteiger partial charge on any atom is 0.226 e. The minimum atomic E-state index is -0.793. The van der Waals surface area contributed by atoms with Crippen LogP contribution in [-0.2, 0) is 16.0 Å². The number of benzene rings is 1. The summed E-state index contributed by atoms with van der Waals surface area (Å²) in [4.78, 5) is 12.5. The fraction of sp³-hybridized carbons (Fsp3) is 0.741. The molecule has 7 nitrogen and oxygen atoms in total. The third kappa shape index (κ3) is 9.43. The van der Waals surface area contributed by atoms with Crippen molar-refractivity contribution in [1.29, 1.82) is 0 Å². The van der Waals surface area contributed by atoms with Gasteiger partial charge in [-0.05, 0) is 55.2 Å². The lowest BCUT2D eigenvalue weighted by atomic mass is 9.82. The molecular weight excluding hydrogens is 432 g/mol. The number of nitrogens with one attached hydrogen (secondary N) is 1. The molecule has 1 aromatic carbocycles. The average molecular weight is 481 g/mol. The Balaban J connectivity index is 2.77. The van der Waals surface area contributed by atoms with E-state index in [1.165, 1.54) is 0 Å². The molecule has 0 aliphatic carbocycles. The second-order valence-corrected chi connectivity index (χ2v) is 9.83. The van der Waals surface area contributed by atoms with Crippen molar-refractivity contribution in [2.75, 3.05) is 34.0 Å². The van der Waals surface area contributed by atoms with Crippen LogP contribution in [0.15, 0.2) is 18.2 Å². The molecule has 7 heteroatoms. The van der Waals surface area contributed by atoms with Crippen molar-refractivity contribution in [1.82, 2.24) is 5.32 Å². The van der Waals surface area contributed by atoms with Gasteiger partial charge in [0.15, 0.2) is 11.5 Å².